The molecule has 0 aliphatic rings. The summed E-state index contributed by atoms with van der Waals surface area (Å²) in [5, 5.41) is 7.76. The van der Waals surface area contributed by atoms with E-state index in [1.54, 1.807) is 25.1 Å². The van der Waals surface area contributed by atoms with E-state index in [1.165, 1.54) is 16.6 Å². The SMILES string of the molecule is Cc1c(C(=O)NCc2ccc(F)cc2)sc2nc(=O)c(Cc3ccccc3Cl)nn12. The van der Waals surface area contributed by atoms with Crippen molar-refractivity contribution in [2.75, 3.05) is 0 Å². The molecule has 0 aliphatic heterocycles. The van der Waals surface area contributed by atoms with Crippen LogP contribution in [0.3, 0.4) is 0 Å². The van der Waals surface area contributed by atoms with Gasteiger partial charge in [-0.15, -0.1) is 0 Å². The van der Waals surface area contributed by atoms with Crippen LogP contribution in [-0.4, -0.2) is 20.5 Å². The summed E-state index contributed by atoms with van der Waals surface area (Å²) >= 11 is 7.28. The van der Waals surface area contributed by atoms with Crippen molar-refractivity contribution in [2.24, 2.45) is 0 Å². The fourth-order valence-corrected chi connectivity index (χ4v) is 4.14. The molecule has 0 bridgehead atoms. The predicted octanol–water partition coefficient (Wildman–Crippen LogP) is 3.77. The van der Waals surface area contributed by atoms with Gasteiger partial charge in [0.05, 0.1) is 5.69 Å². The molecule has 0 spiro atoms. The Bertz CT molecular complexity index is 1300. The monoisotopic (exact) mass is 442 g/mol. The first-order valence-electron chi connectivity index (χ1n) is 9.08. The molecule has 0 saturated heterocycles. The maximum atomic E-state index is 13.0. The summed E-state index contributed by atoms with van der Waals surface area (Å²) in [5.41, 5.74) is 1.93. The molecule has 30 heavy (non-hydrogen) atoms. The second-order valence-corrected chi connectivity index (χ2v) is 8.04. The molecule has 4 rings (SSSR count). The molecule has 4 aromatic rings. The molecule has 9 heteroatoms. The molecular formula is C21H16ClFN4O2S. The van der Waals surface area contributed by atoms with Gasteiger partial charge in [0.15, 0.2) is 0 Å². The number of rotatable bonds is 5. The van der Waals surface area contributed by atoms with Gasteiger partial charge in [-0.1, -0.05) is 53.3 Å². The highest BCUT2D eigenvalue weighted by Gasteiger charge is 2.19. The average molecular weight is 443 g/mol. The Hall–Kier alpha value is -3.10. The summed E-state index contributed by atoms with van der Waals surface area (Å²) in [6, 6.07) is 13.1. The maximum absolute atomic E-state index is 13.0. The number of nitrogens with one attached hydrogen (secondary N) is 1. The first kappa shape index (κ1) is 20.2. The van der Waals surface area contributed by atoms with Gasteiger partial charge in [-0.3, -0.25) is 9.59 Å². The summed E-state index contributed by atoms with van der Waals surface area (Å²) in [7, 11) is 0. The van der Waals surface area contributed by atoms with E-state index in [0.29, 0.717) is 20.6 Å². The first-order chi connectivity index (χ1) is 14.4. The molecule has 1 N–H and O–H groups in total. The van der Waals surface area contributed by atoms with Crippen LogP contribution < -0.4 is 10.9 Å². The van der Waals surface area contributed by atoms with Crippen LogP contribution in [0.5, 0.6) is 0 Å². The molecule has 1 amide bonds. The van der Waals surface area contributed by atoms with Gasteiger partial charge in [-0.2, -0.15) is 10.1 Å². The lowest BCUT2D eigenvalue weighted by atomic mass is 10.1. The van der Waals surface area contributed by atoms with Gasteiger partial charge < -0.3 is 5.32 Å². The van der Waals surface area contributed by atoms with Crippen LogP contribution in [-0.2, 0) is 13.0 Å². The molecule has 0 radical (unpaired) electrons. The van der Waals surface area contributed by atoms with Crippen LogP contribution in [0.4, 0.5) is 4.39 Å². The second-order valence-electron chi connectivity index (χ2n) is 6.65. The van der Waals surface area contributed by atoms with E-state index in [-0.39, 0.29) is 30.4 Å². The molecule has 2 heterocycles. The highest BCUT2D eigenvalue weighted by Crippen LogP contribution is 2.21. The zero-order chi connectivity index (χ0) is 21.3. The topological polar surface area (TPSA) is 76.4 Å². The van der Waals surface area contributed by atoms with Crippen molar-refractivity contribution in [1.82, 2.24) is 19.9 Å². The van der Waals surface area contributed by atoms with Crippen molar-refractivity contribution in [1.29, 1.82) is 0 Å². The molecule has 2 aromatic carbocycles. The minimum atomic E-state index is -0.450. The van der Waals surface area contributed by atoms with Gasteiger partial charge in [-0.25, -0.2) is 8.91 Å². The van der Waals surface area contributed by atoms with Crippen LogP contribution in [0.15, 0.2) is 53.3 Å². The van der Waals surface area contributed by atoms with E-state index in [2.05, 4.69) is 15.4 Å². The lowest BCUT2D eigenvalue weighted by Crippen LogP contribution is -2.23. The smallest absolute Gasteiger partial charge is 0.296 e. The lowest BCUT2D eigenvalue weighted by Gasteiger charge is -2.05. The van der Waals surface area contributed by atoms with Crippen LogP contribution >= 0.6 is 22.9 Å². The zero-order valence-corrected chi connectivity index (χ0v) is 17.4. The Balaban J connectivity index is 1.60. The van der Waals surface area contributed by atoms with E-state index in [4.69, 9.17) is 11.6 Å². The number of fused-ring (bicyclic) bond motifs is 1. The van der Waals surface area contributed by atoms with Crippen molar-refractivity contribution < 1.29 is 9.18 Å². The van der Waals surface area contributed by atoms with Crippen LogP contribution in [0.2, 0.25) is 5.02 Å². The molecule has 152 valence electrons. The third-order valence-corrected chi connectivity index (χ3v) is 6.07. The van der Waals surface area contributed by atoms with Gasteiger partial charge >= 0.3 is 0 Å². The molecule has 0 atom stereocenters. The Labute approximate surface area is 180 Å². The van der Waals surface area contributed by atoms with E-state index in [1.807, 2.05) is 18.2 Å². The number of carbonyl (C=O) groups excluding carboxylic acids is 1. The number of thiazole rings is 1. The van der Waals surface area contributed by atoms with Crippen molar-refractivity contribution in [3.05, 3.63) is 97.1 Å². The zero-order valence-electron chi connectivity index (χ0n) is 15.9. The molecular weight excluding hydrogens is 427 g/mol. The standard InChI is InChI=1S/C21H16ClFN4O2S/c1-12-18(20(29)24-11-13-6-8-15(23)9-7-13)30-21-25-19(28)17(26-27(12)21)10-14-4-2-3-5-16(14)22/h2-9H,10-11H2,1H3,(H,24,29). The minimum absolute atomic E-state index is 0.246. The Morgan fingerprint density at radius 3 is 2.67 bits per heavy atom. The molecule has 0 saturated carbocycles. The predicted molar refractivity (Wildman–Crippen MR) is 114 cm³/mol. The van der Waals surface area contributed by atoms with Crippen LogP contribution in [0.25, 0.3) is 4.96 Å². The number of benzene rings is 2. The largest absolute Gasteiger partial charge is 0.347 e. The second kappa shape index (κ2) is 8.33. The quantitative estimate of drug-likeness (QED) is 0.510. The summed E-state index contributed by atoms with van der Waals surface area (Å²) in [6.07, 6.45) is 0.246. The van der Waals surface area contributed by atoms with Crippen molar-refractivity contribution in [3.63, 3.8) is 0 Å². The number of aromatic nitrogens is 3. The van der Waals surface area contributed by atoms with Gasteiger partial charge in [0.25, 0.3) is 11.5 Å². The van der Waals surface area contributed by atoms with E-state index >= 15 is 0 Å². The average Bonchev–Trinajstić information content (AvgIpc) is 3.05. The van der Waals surface area contributed by atoms with Crippen LogP contribution in [0, 0.1) is 12.7 Å². The number of amides is 1. The number of hydrogen-bond acceptors (Lipinski definition) is 5. The highest BCUT2D eigenvalue weighted by molar-refractivity contribution is 7.19. The summed E-state index contributed by atoms with van der Waals surface area (Å²) < 4.78 is 14.5. The number of hydrogen-bond donors (Lipinski definition) is 1. The van der Waals surface area contributed by atoms with Crippen LogP contribution in [0.1, 0.15) is 32.2 Å². The summed E-state index contributed by atoms with van der Waals surface area (Å²) in [5.74, 6) is -0.644. The van der Waals surface area contributed by atoms with E-state index < -0.39 is 5.56 Å². The summed E-state index contributed by atoms with van der Waals surface area (Å²) in [4.78, 5) is 29.9. The fourth-order valence-electron chi connectivity index (χ4n) is 2.96. The van der Waals surface area contributed by atoms with E-state index in [9.17, 15) is 14.0 Å². The Kier molecular flexibility index (Phi) is 5.61. The minimum Gasteiger partial charge on any atom is -0.347 e. The molecule has 6 nitrogen and oxygen atoms in total. The van der Waals surface area contributed by atoms with E-state index in [0.717, 1.165) is 22.5 Å². The Morgan fingerprint density at radius 1 is 1.20 bits per heavy atom. The first-order valence-corrected chi connectivity index (χ1v) is 10.3. The molecule has 0 unspecified atom stereocenters. The number of nitrogens with zero attached hydrogens (tertiary/aromatic N) is 3. The highest BCUT2D eigenvalue weighted by atomic mass is 35.5. The summed E-state index contributed by atoms with van der Waals surface area (Å²) in [6.45, 7) is 2.00. The molecule has 0 fully saturated rings. The normalized spacial score (nSPS) is 11.0. The maximum Gasteiger partial charge on any atom is 0.296 e. The number of halogens is 2. The van der Waals surface area contributed by atoms with Crippen molar-refractivity contribution >= 4 is 33.8 Å². The van der Waals surface area contributed by atoms with Crippen molar-refractivity contribution in [2.45, 2.75) is 19.9 Å². The molecule has 2 aromatic heterocycles. The van der Waals surface area contributed by atoms with Gasteiger partial charge in [0, 0.05) is 18.0 Å². The molecule has 0 aliphatic carbocycles. The number of aryl methyl sites for hydroxylation is 1. The Morgan fingerprint density at radius 2 is 1.93 bits per heavy atom. The van der Waals surface area contributed by atoms with Gasteiger partial charge in [0.1, 0.15) is 16.4 Å². The third kappa shape index (κ3) is 4.10. The van der Waals surface area contributed by atoms with Gasteiger partial charge in [0.2, 0.25) is 4.96 Å². The fraction of sp³-hybridized carbons (Fsp3) is 0.143. The lowest BCUT2D eigenvalue weighted by molar-refractivity contribution is 0.0954. The third-order valence-electron chi connectivity index (χ3n) is 4.57. The van der Waals surface area contributed by atoms with Gasteiger partial charge in [-0.05, 0) is 36.2 Å². The number of carbonyl (C=O) groups is 1. The van der Waals surface area contributed by atoms with Crippen molar-refractivity contribution in [3.8, 4) is 0 Å².